The number of aromatic nitrogens is 1. The highest BCUT2D eigenvalue weighted by atomic mass is 32.2. The van der Waals surface area contributed by atoms with Crippen molar-refractivity contribution in [1.82, 2.24) is 14.6 Å². The fourth-order valence-electron chi connectivity index (χ4n) is 3.26. The molecule has 2 aromatic rings. The number of hydrogen-bond donors (Lipinski definition) is 2. The molecule has 2 heterocycles. The van der Waals surface area contributed by atoms with Crippen LogP contribution in [0.2, 0.25) is 0 Å². The molecule has 7 nitrogen and oxygen atoms in total. The zero-order valence-corrected chi connectivity index (χ0v) is 17.9. The second-order valence-electron chi connectivity index (χ2n) is 8.22. The Kier molecular flexibility index (Phi) is 6.24. The summed E-state index contributed by atoms with van der Waals surface area (Å²) >= 11 is 0. The molecule has 0 spiro atoms. The van der Waals surface area contributed by atoms with E-state index in [0.717, 1.165) is 11.3 Å². The first kappa shape index (κ1) is 21.3. The van der Waals surface area contributed by atoms with Crippen LogP contribution in [0.25, 0.3) is 0 Å². The van der Waals surface area contributed by atoms with Crippen LogP contribution in [-0.2, 0) is 20.2 Å². The number of carbonyl (C=O) groups is 1. The van der Waals surface area contributed by atoms with Crippen LogP contribution in [0.1, 0.15) is 32.8 Å². The number of carbonyl (C=O) groups excluding carboxylic acids is 1. The van der Waals surface area contributed by atoms with Gasteiger partial charge in [0, 0.05) is 37.7 Å². The predicted octanol–water partition coefficient (Wildman–Crippen LogP) is 2.37. The minimum Gasteiger partial charge on any atom is -0.383 e. The average Bonchev–Trinajstić information content (AvgIpc) is 3.01. The van der Waals surface area contributed by atoms with Crippen LogP contribution >= 0.6 is 0 Å². The SMILES string of the molecule is CC(C)(C)c1ccc(S(=O)(=O)N[C@H]2CCN(CCNc3ccncc3)C2=O)cc1. The summed E-state index contributed by atoms with van der Waals surface area (Å²) in [6.07, 6.45) is 3.86. The van der Waals surface area contributed by atoms with Gasteiger partial charge < -0.3 is 10.2 Å². The van der Waals surface area contributed by atoms with Crippen LogP contribution in [0.4, 0.5) is 5.69 Å². The molecule has 2 N–H and O–H groups in total. The van der Waals surface area contributed by atoms with Crippen molar-refractivity contribution in [3.05, 3.63) is 54.4 Å². The summed E-state index contributed by atoms with van der Waals surface area (Å²) in [5, 5.41) is 3.23. The lowest BCUT2D eigenvalue weighted by Crippen LogP contribution is -2.42. The lowest BCUT2D eigenvalue weighted by molar-refractivity contribution is -0.128. The van der Waals surface area contributed by atoms with E-state index in [1.165, 1.54) is 0 Å². The second kappa shape index (κ2) is 8.51. The highest BCUT2D eigenvalue weighted by Crippen LogP contribution is 2.24. The van der Waals surface area contributed by atoms with Gasteiger partial charge in [-0.1, -0.05) is 32.9 Å². The van der Waals surface area contributed by atoms with E-state index < -0.39 is 16.1 Å². The van der Waals surface area contributed by atoms with Crippen molar-refractivity contribution >= 4 is 21.6 Å². The Labute approximate surface area is 172 Å². The number of anilines is 1. The summed E-state index contributed by atoms with van der Waals surface area (Å²) in [6.45, 7) is 7.86. The molecule has 1 aliphatic heterocycles. The first-order valence-corrected chi connectivity index (χ1v) is 11.2. The van der Waals surface area contributed by atoms with Gasteiger partial charge in [-0.15, -0.1) is 0 Å². The Bertz CT molecular complexity index is 938. The van der Waals surface area contributed by atoms with E-state index in [2.05, 4.69) is 35.8 Å². The van der Waals surface area contributed by atoms with Crippen molar-refractivity contribution in [3.63, 3.8) is 0 Å². The van der Waals surface area contributed by atoms with Gasteiger partial charge in [-0.3, -0.25) is 9.78 Å². The molecule has 1 aromatic carbocycles. The summed E-state index contributed by atoms with van der Waals surface area (Å²) in [6, 6.07) is 9.83. The standard InChI is InChI=1S/C21H28N4O3S/c1-21(2,3)16-4-6-18(7-5-16)29(27,28)24-19-10-14-25(20(19)26)15-13-23-17-8-11-22-12-9-17/h4-9,11-12,19,24H,10,13-15H2,1-3H3,(H,22,23)/t19-/m0/s1. The molecule has 3 rings (SSSR count). The first-order chi connectivity index (χ1) is 13.7. The summed E-state index contributed by atoms with van der Waals surface area (Å²) in [4.78, 5) is 18.4. The highest BCUT2D eigenvalue weighted by molar-refractivity contribution is 7.89. The molecule has 1 aliphatic rings. The molecule has 0 radical (unpaired) electrons. The highest BCUT2D eigenvalue weighted by Gasteiger charge is 2.34. The largest absolute Gasteiger partial charge is 0.383 e. The van der Waals surface area contributed by atoms with Gasteiger partial charge in [0.25, 0.3) is 0 Å². The Balaban J connectivity index is 1.56. The van der Waals surface area contributed by atoms with Gasteiger partial charge in [-0.25, -0.2) is 8.42 Å². The summed E-state index contributed by atoms with van der Waals surface area (Å²) in [5.41, 5.74) is 1.94. The monoisotopic (exact) mass is 416 g/mol. The molecule has 1 aromatic heterocycles. The zero-order chi connectivity index (χ0) is 21.1. The molecule has 0 unspecified atom stereocenters. The molecule has 1 fully saturated rings. The molecule has 1 amide bonds. The Hall–Kier alpha value is -2.45. The number of nitrogens with zero attached hydrogens (tertiary/aromatic N) is 2. The van der Waals surface area contributed by atoms with E-state index in [9.17, 15) is 13.2 Å². The third kappa shape index (κ3) is 5.33. The predicted molar refractivity (Wildman–Crippen MR) is 113 cm³/mol. The molecule has 0 aliphatic carbocycles. The quantitative estimate of drug-likeness (QED) is 0.723. The van der Waals surface area contributed by atoms with E-state index in [4.69, 9.17) is 0 Å². The number of amides is 1. The molecule has 29 heavy (non-hydrogen) atoms. The van der Waals surface area contributed by atoms with Crippen LogP contribution in [0.3, 0.4) is 0 Å². The number of pyridine rings is 1. The fraction of sp³-hybridized carbons (Fsp3) is 0.429. The lowest BCUT2D eigenvalue weighted by atomic mass is 9.87. The molecule has 0 saturated carbocycles. The first-order valence-electron chi connectivity index (χ1n) is 9.72. The van der Waals surface area contributed by atoms with E-state index >= 15 is 0 Å². The zero-order valence-electron chi connectivity index (χ0n) is 17.1. The average molecular weight is 417 g/mol. The minimum atomic E-state index is -3.75. The van der Waals surface area contributed by atoms with Gasteiger partial charge in [-0.05, 0) is 41.7 Å². The second-order valence-corrected chi connectivity index (χ2v) is 9.94. The minimum absolute atomic E-state index is 0.0536. The maximum absolute atomic E-state index is 12.7. The van der Waals surface area contributed by atoms with Crippen LogP contribution in [0, 0.1) is 0 Å². The van der Waals surface area contributed by atoms with Gasteiger partial charge in [0.05, 0.1) is 4.90 Å². The van der Waals surface area contributed by atoms with E-state index in [1.807, 2.05) is 24.3 Å². The molecule has 8 heteroatoms. The summed E-state index contributed by atoms with van der Waals surface area (Å²) in [7, 11) is -3.75. The maximum atomic E-state index is 12.7. The molecular weight excluding hydrogens is 388 g/mol. The number of hydrogen-bond acceptors (Lipinski definition) is 5. The molecule has 1 atom stereocenters. The maximum Gasteiger partial charge on any atom is 0.241 e. The number of nitrogens with one attached hydrogen (secondary N) is 2. The Morgan fingerprint density at radius 1 is 1.10 bits per heavy atom. The van der Waals surface area contributed by atoms with Crippen LogP contribution in [0.15, 0.2) is 53.7 Å². The lowest BCUT2D eigenvalue weighted by Gasteiger charge is -2.20. The summed E-state index contributed by atoms with van der Waals surface area (Å²) in [5.74, 6) is -0.184. The molecule has 1 saturated heterocycles. The molecule has 0 bridgehead atoms. The smallest absolute Gasteiger partial charge is 0.241 e. The van der Waals surface area contributed by atoms with Crippen molar-refractivity contribution in [2.24, 2.45) is 0 Å². The van der Waals surface area contributed by atoms with E-state index in [0.29, 0.717) is 26.1 Å². The fourth-order valence-corrected chi connectivity index (χ4v) is 4.49. The Morgan fingerprint density at radius 2 is 1.76 bits per heavy atom. The van der Waals surface area contributed by atoms with Crippen molar-refractivity contribution in [2.45, 2.75) is 43.5 Å². The number of sulfonamides is 1. The van der Waals surface area contributed by atoms with Gasteiger partial charge >= 0.3 is 0 Å². The van der Waals surface area contributed by atoms with E-state index in [-0.39, 0.29) is 16.2 Å². The van der Waals surface area contributed by atoms with E-state index in [1.54, 1.807) is 29.4 Å². The summed E-state index contributed by atoms with van der Waals surface area (Å²) < 4.78 is 28.0. The van der Waals surface area contributed by atoms with Gasteiger partial charge in [0.2, 0.25) is 15.9 Å². The van der Waals surface area contributed by atoms with Crippen LogP contribution < -0.4 is 10.0 Å². The van der Waals surface area contributed by atoms with Crippen molar-refractivity contribution < 1.29 is 13.2 Å². The number of likely N-dealkylation sites (tertiary alicyclic amines) is 1. The van der Waals surface area contributed by atoms with Crippen LogP contribution in [0.5, 0.6) is 0 Å². The van der Waals surface area contributed by atoms with Gasteiger partial charge in [-0.2, -0.15) is 4.72 Å². The number of rotatable bonds is 7. The van der Waals surface area contributed by atoms with Crippen molar-refractivity contribution in [1.29, 1.82) is 0 Å². The normalized spacial score (nSPS) is 17.6. The third-order valence-corrected chi connectivity index (χ3v) is 6.50. The number of benzene rings is 1. The molecular formula is C21H28N4O3S. The molecule has 156 valence electrons. The van der Waals surface area contributed by atoms with Crippen molar-refractivity contribution in [2.75, 3.05) is 25.0 Å². The van der Waals surface area contributed by atoms with Gasteiger partial charge in [0.1, 0.15) is 6.04 Å². The Morgan fingerprint density at radius 3 is 2.38 bits per heavy atom. The van der Waals surface area contributed by atoms with Gasteiger partial charge in [0.15, 0.2) is 0 Å². The topological polar surface area (TPSA) is 91.4 Å². The van der Waals surface area contributed by atoms with Crippen LogP contribution in [-0.4, -0.2) is 49.9 Å². The van der Waals surface area contributed by atoms with Crippen molar-refractivity contribution in [3.8, 4) is 0 Å². The third-order valence-electron chi connectivity index (χ3n) is 5.02.